The van der Waals surface area contributed by atoms with Gasteiger partial charge in [0.15, 0.2) is 0 Å². The molecule has 0 aliphatic rings. The van der Waals surface area contributed by atoms with E-state index in [9.17, 15) is 5.11 Å². The van der Waals surface area contributed by atoms with E-state index in [0.717, 1.165) is 0 Å². The SMILES string of the molecule is COc1ccc(O)c(C(C)(C)N)c1. The van der Waals surface area contributed by atoms with E-state index in [4.69, 9.17) is 10.5 Å². The smallest absolute Gasteiger partial charge is 0.120 e. The van der Waals surface area contributed by atoms with Crippen molar-refractivity contribution in [3.8, 4) is 11.5 Å². The zero-order valence-corrected chi connectivity index (χ0v) is 8.16. The number of phenols is 1. The molecule has 3 N–H and O–H groups in total. The zero-order valence-electron chi connectivity index (χ0n) is 8.16. The van der Waals surface area contributed by atoms with Gasteiger partial charge in [-0.05, 0) is 32.0 Å². The van der Waals surface area contributed by atoms with Crippen molar-refractivity contribution in [3.05, 3.63) is 23.8 Å². The third-order valence-electron chi connectivity index (χ3n) is 1.90. The number of ether oxygens (including phenoxy) is 1. The Morgan fingerprint density at radius 2 is 2.00 bits per heavy atom. The van der Waals surface area contributed by atoms with Crippen molar-refractivity contribution >= 4 is 0 Å². The summed E-state index contributed by atoms with van der Waals surface area (Å²) in [5.74, 6) is 0.902. The van der Waals surface area contributed by atoms with Crippen LogP contribution in [0.5, 0.6) is 11.5 Å². The van der Waals surface area contributed by atoms with E-state index in [1.54, 1.807) is 25.3 Å². The summed E-state index contributed by atoms with van der Waals surface area (Å²) in [5, 5.41) is 9.53. The van der Waals surface area contributed by atoms with Gasteiger partial charge >= 0.3 is 0 Å². The molecule has 1 aromatic rings. The van der Waals surface area contributed by atoms with Gasteiger partial charge in [0, 0.05) is 11.1 Å². The van der Waals surface area contributed by atoms with Gasteiger partial charge in [0.2, 0.25) is 0 Å². The van der Waals surface area contributed by atoms with E-state index >= 15 is 0 Å². The lowest BCUT2D eigenvalue weighted by Crippen LogP contribution is -2.28. The molecule has 0 saturated carbocycles. The fraction of sp³-hybridized carbons (Fsp3) is 0.400. The topological polar surface area (TPSA) is 55.5 Å². The second-order valence-electron chi connectivity index (χ2n) is 3.60. The third-order valence-corrected chi connectivity index (χ3v) is 1.90. The Hall–Kier alpha value is -1.22. The number of phenolic OH excluding ortho intramolecular Hbond substituents is 1. The highest BCUT2D eigenvalue weighted by Gasteiger charge is 2.18. The Balaban J connectivity index is 3.19. The van der Waals surface area contributed by atoms with E-state index in [0.29, 0.717) is 11.3 Å². The predicted molar refractivity (Wildman–Crippen MR) is 51.9 cm³/mol. The van der Waals surface area contributed by atoms with Crippen molar-refractivity contribution in [2.75, 3.05) is 7.11 Å². The molecule has 0 atom stereocenters. The summed E-state index contributed by atoms with van der Waals surface area (Å²) in [6.45, 7) is 3.67. The van der Waals surface area contributed by atoms with E-state index in [1.165, 1.54) is 0 Å². The molecule has 13 heavy (non-hydrogen) atoms. The van der Waals surface area contributed by atoms with Crippen LogP contribution in [-0.2, 0) is 5.54 Å². The van der Waals surface area contributed by atoms with E-state index in [1.807, 2.05) is 13.8 Å². The first-order chi connectivity index (χ1) is 5.95. The van der Waals surface area contributed by atoms with Gasteiger partial charge in [-0.1, -0.05) is 0 Å². The van der Waals surface area contributed by atoms with Crippen LogP contribution in [0.1, 0.15) is 19.4 Å². The molecule has 1 aromatic carbocycles. The molecule has 0 unspecified atom stereocenters. The van der Waals surface area contributed by atoms with Crippen molar-refractivity contribution in [2.24, 2.45) is 5.73 Å². The monoisotopic (exact) mass is 181 g/mol. The summed E-state index contributed by atoms with van der Waals surface area (Å²) < 4.78 is 5.04. The average Bonchev–Trinajstić information content (AvgIpc) is 2.03. The van der Waals surface area contributed by atoms with Gasteiger partial charge in [-0.2, -0.15) is 0 Å². The van der Waals surface area contributed by atoms with Gasteiger partial charge < -0.3 is 15.6 Å². The van der Waals surface area contributed by atoms with Crippen molar-refractivity contribution in [3.63, 3.8) is 0 Å². The second kappa shape index (κ2) is 3.26. The number of hydrogen-bond donors (Lipinski definition) is 2. The van der Waals surface area contributed by atoms with Crippen LogP contribution in [0.3, 0.4) is 0 Å². The maximum Gasteiger partial charge on any atom is 0.120 e. The summed E-state index contributed by atoms with van der Waals surface area (Å²) in [4.78, 5) is 0. The van der Waals surface area contributed by atoms with Gasteiger partial charge in [0.1, 0.15) is 11.5 Å². The summed E-state index contributed by atoms with van der Waals surface area (Å²) in [5.41, 5.74) is 6.00. The quantitative estimate of drug-likeness (QED) is 0.728. The van der Waals surface area contributed by atoms with Gasteiger partial charge in [-0.15, -0.1) is 0 Å². The third kappa shape index (κ3) is 2.12. The molecule has 0 aliphatic carbocycles. The summed E-state index contributed by atoms with van der Waals surface area (Å²) in [6.07, 6.45) is 0. The number of hydrogen-bond acceptors (Lipinski definition) is 3. The number of aromatic hydroxyl groups is 1. The minimum Gasteiger partial charge on any atom is -0.508 e. The summed E-state index contributed by atoms with van der Waals surface area (Å²) in [6, 6.07) is 5.03. The molecule has 0 aliphatic heterocycles. The average molecular weight is 181 g/mol. The van der Waals surface area contributed by atoms with E-state index in [2.05, 4.69) is 0 Å². The molecule has 0 aromatic heterocycles. The van der Waals surface area contributed by atoms with E-state index in [-0.39, 0.29) is 5.75 Å². The van der Waals surface area contributed by atoms with Gasteiger partial charge in [-0.3, -0.25) is 0 Å². The summed E-state index contributed by atoms with van der Waals surface area (Å²) >= 11 is 0. The highest BCUT2D eigenvalue weighted by atomic mass is 16.5. The van der Waals surface area contributed by atoms with E-state index < -0.39 is 5.54 Å². The van der Waals surface area contributed by atoms with Crippen LogP contribution in [0.25, 0.3) is 0 Å². The zero-order chi connectivity index (χ0) is 10.1. The van der Waals surface area contributed by atoms with Crippen LogP contribution < -0.4 is 10.5 Å². The molecular formula is C10H15NO2. The Labute approximate surface area is 78.1 Å². The lowest BCUT2D eigenvalue weighted by atomic mass is 9.94. The van der Waals surface area contributed by atoms with Crippen LogP contribution >= 0.6 is 0 Å². The molecule has 1 rings (SSSR count). The lowest BCUT2D eigenvalue weighted by molar-refractivity contribution is 0.404. The molecule has 0 spiro atoms. The minimum atomic E-state index is -0.557. The minimum absolute atomic E-state index is 0.202. The van der Waals surface area contributed by atoms with Gasteiger partial charge in [-0.25, -0.2) is 0 Å². The van der Waals surface area contributed by atoms with Crippen LogP contribution in [0, 0.1) is 0 Å². The molecule has 72 valence electrons. The molecule has 0 amide bonds. The number of benzene rings is 1. The highest BCUT2D eigenvalue weighted by Crippen LogP contribution is 2.30. The van der Waals surface area contributed by atoms with Gasteiger partial charge in [0.25, 0.3) is 0 Å². The molecule has 3 heteroatoms. The largest absolute Gasteiger partial charge is 0.508 e. The lowest BCUT2D eigenvalue weighted by Gasteiger charge is -2.20. The normalized spacial score (nSPS) is 11.4. The number of methoxy groups -OCH3 is 1. The Bertz CT molecular complexity index is 302. The molecule has 0 radical (unpaired) electrons. The van der Waals surface area contributed by atoms with Crippen molar-refractivity contribution in [2.45, 2.75) is 19.4 Å². The van der Waals surface area contributed by atoms with Crippen LogP contribution in [0.4, 0.5) is 0 Å². The molecule has 0 bridgehead atoms. The molecular weight excluding hydrogens is 166 g/mol. The van der Waals surface area contributed by atoms with Crippen molar-refractivity contribution < 1.29 is 9.84 Å². The maximum absolute atomic E-state index is 9.53. The van der Waals surface area contributed by atoms with Crippen molar-refractivity contribution in [1.29, 1.82) is 0 Å². The standard InChI is InChI=1S/C10H15NO2/c1-10(2,11)8-6-7(13-3)4-5-9(8)12/h4-6,12H,11H2,1-3H3. The summed E-state index contributed by atoms with van der Waals surface area (Å²) in [7, 11) is 1.58. The molecule has 0 fully saturated rings. The number of rotatable bonds is 2. The Morgan fingerprint density at radius 1 is 1.38 bits per heavy atom. The Morgan fingerprint density at radius 3 is 2.46 bits per heavy atom. The second-order valence-corrected chi connectivity index (χ2v) is 3.60. The highest BCUT2D eigenvalue weighted by molar-refractivity contribution is 5.42. The fourth-order valence-corrected chi connectivity index (χ4v) is 1.16. The predicted octanol–water partition coefficient (Wildman–Crippen LogP) is 1.59. The van der Waals surface area contributed by atoms with Gasteiger partial charge in [0.05, 0.1) is 7.11 Å². The van der Waals surface area contributed by atoms with Crippen molar-refractivity contribution in [1.82, 2.24) is 0 Å². The van der Waals surface area contributed by atoms with Crippen LogP contribution in [0.15, 0.2) is 18.2 Å². The molecule has 0 saturated heterocycles. The fourth-order valence-electron chi connectivity index (χ4n) is 1.16. The molecule has 3 nitrogen and oxygen atoms in total. The van der Waals surface area contributed by atoms with Crippen LogP contribution in [0.2, 0.25) is 0 Å². The maximum atomic E-state index is 9.53. The first kappa shape index (κ1) is 9.86. The Kier molecular flexibility index (Phi) is 2.48. The first-order valence-corrected chi connectivity index (χ1v) is 4.11. The first-order valence-electron chi connectivity index (χ1n) is 4.11. The molecule has 0 heterocycles. The number of nitrogens with two attached hydrogens (primary N) is 1. The van der Waals surface area contributed by atoms with Crippen LogP contribution in [-0.4, -0.2) is 12.2 Å².